The van der Waals surface area contributed by atoms with Crippen molar-refractivity contribution in [1.82, 2.24) is 0 Å². The molecule has 1 aromatic carbocycles. The molecule has 1 aromatic rings. The van der Waals surface area contributed by atoms with Gasteiger partial charge in [0.25, 0.3) is 0 Å². The third-order valence-corrected chi connectivity index (χ3v) is 1.99. The van der Waals surface area contributed by atoms with Gasteiger partial charge in [-0.1, -0.05) is 38.1 Å². The van der Waals surface area contributed by atoms with Crippen molar-refractivity contribution in [1.29, 1.82) is 0 Å². The number of rotatable bonds is 3. The fraction of sp³-hybridized carbons (Fsp3) is 0.333. The summed E-state index contributed by atoms with van der Waals surface area (Å²) in [6, 6.07) is 8.37. The lowest BCUT2D eigenvalue weighted by Crippen LogP contribution is -1.87. The van der Waals surface area contributed by atoms with Gasteiger partial charge in [0.05, 0.1) is 6.21 Å². The van der Waals surface area contributed by atoms with Gasteiger partial charge in [-0.25, -0.2) is 0 Å². The van der Waals surface area contributed by atoms with E-state index in [1.807, 2.05) is 6.92 Å². The first kappa shape index (κ1) is 10.6. The minimum atomic E-state index is 0.578. The van der Waals surface area contributed by atoms with Crippen LogP contribution in [0, 0.1) is 0 Å². The molecule has 0 saturated carbocycles. The van der Waals surface area contributed by atoms with Gasteiger partial charge in [-0.3, -0.25) is 0 Å². The highest BCUT2D eigenvalue weighted by atomic mass is 15.2. The zero-order chi connectivity index (χ0) is 10.4. The second kappa shape index (κ2) is 5.32. The summed E-state index contributed by atoms with van der Waals surface area (Å²) in [7, 11) is 0. The average Bonchev–Trinajstić information content (AvgIpc) is 2.19. The molecule has 0 spiro atoms. The van der Waals surface area contributed by atoms with Gasteiger partial charge in [0.1, 0.15) is 0 Å². The molecule has 0 aliphatic heterocycles. The van der Waals surface area contributed by atoms with Crippen LogP contribution in [0.25, 0.3) is 0 Å². The molecule has 0 saturated heterocycles. The smallest absolute Gasteiger partial charge is 0.0567 e. The molecule has 1 rings (SSSR count). The van der Waals surface area contributed by atoms with Crippen LogP contribution in [0.4, 0.5) is 0 Å². The Hall–Kier alpha value is -1.44. The Morgan fingerprint density at radius 2 is 1.71 bits per heavy atom. The normalized spacial score (nSPS) is 12.0. The lowest BCUT2D eigenvalue weighted by molar-refractivity contribution is 0.866. The topological polar surface area (TPSA) is 24.7 Å². The summed E-state index contributed by atoms with van der Waals surface area (Å²) in [5.41, 5.74) is 2.43. The summed E-state index contributed by atoms with van der Waals surface area (Å²) < 4.78 is 0. The van der Waals surface area contributed by atoms with E-state index in [4.69, 9.17) is 0 Å². The molecule has 0 aromatic heterocycles. The predicted octanol–water partition coefficient (Wildman–Crippen LogP) is 3.23. The van der Waals surface area contributed by atoms with Gasteiger partial charge < -0.3 is 0 Å². The summed E-state index contributed by atoms with van der Waals surface area (Å²) >= 11 is 0. The maximum atomic E-state index is 3.88. The molecule has 0 aliphatic carbocycles. The average molecular weight is 188 g/mol. The molecule has 0 aliphatic rings. The molecule has 0 amide bonds. The van der Waals surface area contributed by atoms with Crippen molar-refractivity contribution in [3.63, 3.8) is 0 Å². The Morgan fingerprint density at radius 1 is 1.07 bits per heavy atom. The highest BCUT2D eigenvalue weighted by Gasteiger charge is 1.96. The highest BCUT2D eigenvalue weighted by molar-refractivity contribution is 5.79. The molecule has 0 fully saturated rings. The second-order valence-electron chi connectivity index (χ2n) is 3.44. The van der Waals surface area contributed by atoms with Gasteiger partial charge in [0.2, 0.25) is 0 Å². The molecule has 0 bridgehead atoms. The SMILES string of the molecule is C/C=N/N=C/c1ccc(C(C)C)cc1. The van der Waals surface area contributed by atoms with Crippen molar-refractivity contribution in [2.75, 3.05) is 0 Å². The molecule has 0 heterocycles. The molecule has 2 heteroatoms. The predicted molar refractivity (Wildman–Crippen MR) is 62.3 cm³/mol. The zero-order valence-electron chi connectivity index (χ0n) is 8.94. The summed E-state index contributed by atoms with van der Waals surface area (Å²) in [6.07, 6.45) is 3.42. The first-order valence-electron chi connectivity index (χ1n) is 4.85. The van der Waals surface area contributed by atoms with E-state index in [0.29, 0.717) is 5.92 Å². The molecule has 0 unspecified atom stereocenters. The molecular weight excluding hydrogens is 172 g/mol. The van der Waals surface area contributed by atoms with Crippen molar-refractivity contribution in [2.24, 2.45) is 10.2 Å². The summed E-state index contributed by atoms with van der Waals surface area (Å²) in [5.74, 6) is 0.578. The van der Waals surface area contributed by atoms with Gasteiger partial charge in [-0.15, -0.1) is 0 Å². The van der Waals surface area contributed by atoms with Crippen LogP contribution in [-0.2, 0) is 0 Å². The molecule has 0 atom stereocenters. The minimum Gasteiger partial charge on any atom is -0.164 e. The van der Waals surface area contributed by atoms with Crippen molar-refractivity contribution in [3.05, 3.63) is 35.4 Å². The van der Waals surface area contributed by atoms with E-state index < -0.39 is 0 Å². The Balaban J connectivity index is 2.73. The Morgan fingerprint density at radius 3 is 2.21 bits per heavy atom. The number of hydrogen-bond donors (Lipinski definition) is 0. The van der Waals surface area contributed by atoms with Crippen LogP contribution in [0.5, 0.6) is 0 Å². The van der Waals surface area contributed by atoms with Gasteiger partial charge in [0, 0.05) is 6.21 Å². The van der Waals surface area contributed by atoms with E-state index >= 15 is 0 Å². The van der Waals surface area contributed by atoms with Crippen molar-refractivity contribution in [2.45, 2.75) is 26.7 Å². The summed E-state index contributed by atoms with van der Waals surface area (Å²) in [6.45, 7) is 6.22. The van der Waals surface area contributed by atoms with Crippen LogP contribution in [-0.4, -0.2) is 12.4 Å². The van der Waals surface area contributed by atoms with E-state index in [1.54, 1.807) is 12.4 Å². The van der Waals surface area contributed by atoms with E-state index in [-0.39, 0.29) is 0 Å². The summed E-state index contributed by atoms with van der Waals surface area (Å²) in [5, 5.41) is 7.65. The molecule has 14 heavy (non-hydrogen) atoms. The molecule has 0 radical (unpaired) electrons. The summed E-state index contributed by atoms with van der Waals surface area (Å²) in [4.78, 5) is 0. The van der Waals surface area contributed by atoms with Crippen molar-refractivity contribution >= 4 is 12.4 Å². The van der Waals surface area contributed by atoms with Crippen molar-refractivity contribution < 1.29 is 0 Å². The van der Waals surface area contributed by atoms with Crippen LogP contribution < -0.4 is 0 Å². The molecule has 0 N–H and O–H groups in total. The van der Waals surface area contributed by atoms with Crippen LogP contribution in [0.15, 0.2) is 34.5 Å². The fourth-order valence-electron chi connectivity index (χ4n) is 1.13. The number of hydrogen-bond acceptors (Lipinski definition) is 2. The lowest BCUT2D eigenvalue weighted by Gasteiger charge is -2.03. The Bertz CT molecular complexity index is 321. The maximum absolute atomic E-state index is 3.88. The first-order valence-corrected chi connectivity index (χ1v) is 4.85. The van der Waals surface area contributed by atoms with Gasteiger partial charge >= 0.3 is 0 Å². The standard InChI is InChI=1S/C12H16N2/c1-4-13-14-9-11-5-7-12(8-6-11)10(2)3/h4-10H,1-3H3/b13-4+,14-9+. The monoisotopic (exact) mass is 188 g/mol. The highest BCUT2D eigenvalue weighted by Crippen LogP contribution is 2.13. The van der Waals surface area contributed by atoms with Crippen LogP contribution >= 0.6 is 0 Å². The largest absolute Gasteiger partial charge is 0.164 e. The zero-order valence-corrected chi connectivity index (χ0v) is 8.94. The van der Waals surface area contributed by atoms with Gasteiger partial charge in [0.15, 0.2) is 0 Å². The number of nitrogens with zero attached hydrogens (tertiary/aromatic N) is 2. The third-order valence-electron chi connectivity index (χ3n) is 1.99. The van der Waals surface area contributed by atoms with Gasteiger partial charge in [-0.05, 0) is 24.0 Å². The third kappa shape index (κ3) is 3.13. The lowest BCUT2D eigenvalue weighted by atomic mass is 10.0. The molecular formula is C12H16N2. The molecule has 74 valence electrons. The van der Waals surface area contributed by atoms with Crippen LogP contribution in [0.1, 0.15) is 37.8 Å². The van der Waals surface area contributed by atoms with Crippen LogP contribution in [0.3, 0.4) is 0 Å². The quantitative estimate of drug-likeness (QED) is 0.514. The van der Waals surface area contributed by atoms with E-state index in [2.05, 4.69) is 48.3 Å². The molecule has 2 nitrogen and oxygen atoms in total. The van der Waals surface area contributed by atoms with E-state index in [0.717, 1.165) is 5.56 Å². The number of benzene rings is 1. The maximum Gasteiger partial charge on any atom is 0.0567 e. The van der Waals surface area contributed by atoms with Gasteiger partial charge in [-0.2, -0.15) is 10.2 Å². The second-order valence-corrected chi connectivity index (χ2v) is 3.44. The van der Waals surface area contributed by atoms with Crippen LogP contribution in [0.2, 0.25) is 0 Å². The Labute approximate surface area is 85.4 Å². The van der Waals surface area contributed by atoms with Crippen molar-refractivity contribution in [3.8, 4) is 0 Å². The first-order chi connectivity index (χ1) is 6.74. The minimum absolute atomic E-state index is 0.578. The van der Waals surface area contributed by atoms with E-state index in [1.165, 1.54) is 5.56 Å². The fourth-order valence-corrected chi connectivity index (χ4v) is 1.13. The van der Waals surface area contributed by atoms with E-state index in [9.17, 15) is 0 Å². The Kier molecular flexibility index (Phi) is 4.05.